The summed E-state index contributed by atoms with van der Waals surface area (Å²) in [5.74, 6) is 0.353. The molecule has 1 amide bonds. The van der Waals surface area contributed by atoms with Crippen LogP contribution in [0, 0.1) is 5.82 Å². The van der Waals surface area contributed by atoms with E-state index >= 15 is 0 Å². The number of hydrogen-bond acceptors (Lipinski definition) is 2. The number of H-pyrrole nitrogens is 1. The van der Waals surface area contributed by atoms with Gasteiger partial charge in [-0.2, -0.15) is 0 Å². The van der Waals surface area contributed by atoms with Crippen LogP contribution >= 0.6 is 15.9 Å². The van der Waals surface area contributed by atoms with Crippen molar-refractivity contribution in [3.05, 3.63) is 70.1 Å². The normalized spacial score (nSPS) is 14.3. The SMILES string of the molecule is COc1ccc(C2=CCN(C(=O)c3cc4c(F)cc(Br)cc4[nH]3)CC2)cc1. The Kier molecular flexibility index (Phi) is 4.74. The molecule has 0 radical (unpaired) electrons. The van der Waals surface area contributed by atoms with Gasteiger partial charge in [0.25, 0.3) is 5.91 Å². The number of halogens is 2. The first kappa shape index (κ1) is 17.8. The van der Waals surface area contributed by atoms with Crippen molar-refractivity contribution in [1.82, 2.24) is 9.88 Å². The maximum Gasteiger partial charge on any atom is 0.270 e. The number of nitrogens with one attached hydrogen (secondary N) is 1. The second-order valence-electron chi connectivity index (χ2n) is 6.49. The molecule has 0 atom stereocenters. The van der Waals surface area contributed by atoms with Gasteiger partial charge >= 0.3 is 0 Å². The molecule has 0 saturated heterocycles. The second kappa shape index (κ2) is 7.19. The zero-order valence-corrected chi connectivity index (χ0v) is 16.3. The van der Waals surface area contributed by atoms with E-state index < -0.39 is 0 Å². The number of nitrogens with zero attached hydrogens (tertiary/aromatic N) is 1. The topological polar surface area (TPSA) is 45.3 Å². The van der Waals surface area contributed by atoms with Crippen molar-refractivity contribution in [2.45, 2.75) is 6.42 Å². The molecule has 27 heavy (non-hydrogen) atoms. The minimum Gasteiger partial charge on any atom is -0.497 e. The standard InChI is InChI=1S/C21H18BrFN2O2/c1-27-16-4-2-13(3-5-16)14-6-8-25(9-7-14)21(26)20-12-17-18(23)10-15(22)11-19(17)24-20/h2-6,10-12,24H,7-9H2,1H3. The van der Waals surface area contributed by atoms with Crippen LogP contribution in [0.1, 0.15) is 22.5 Å². The highest BCUT2D eigenvalue weighted by Gasteiger charge is 2.21. The predicted octanol–water partition coefficient (Wildman–Crippen LogP) is 5.01. The van der Waals surface area contributed by atoms with Crippen molar-refractivity contribution in [3.63, 3.8) is 0 Å². The number of rotatable bonds is 3. The molecule has 4 nitrogen and oxygen atoms in total. The maximum atomic E-state index is 14.1. The first-order valence-electron chi connectivity index (χ1n) is 8.65. The summed E-state index contributed by atoms with van der Waals surface area (Å²) < 4.78 is 19.9. The van der Waals surface area contributed by atoms with Crippen molar-refractivity contribution < 1.29 is 13.9 Å². The van der Waals surface area contributed by atoms with Gasteiger partial charge in [-0.05, 0) is 47.9 Å². The number of ether oxygens (including phenoxy) is 1. The highest BCUT2D eigenvalue weighted by Crippen LogP contribution is 2.27. The van der Waals surface area contributed by atoms with Gasteiger partial charge in [0.1, 0.15) is 17.3 Å². The van der Waals surface area contributed by atoms with E-state index in [1.54, 1.807) is 24.1 Å². The summed E-state index contributed by atoms with van der Waals surface area (Å²) >= 11 is 3.27. The molecule has 6 heteroatoms. The van der Waals surface area contributed by atoms with E-state index in [0.717, 1.165) is 17.7 Å². The highest BCUT2D eigenvalue weighted by molar-refractivity contribution is 9.10. The monoisotopic (exact) mass is 428 g/mol. The molecule has 1 aromatic heterocycles. The summed E-state index contributed by atoms with van der Waals surface area (Å²) in [5.41, 5.74) is 3.37. The first-order valence-corrected chi connectivity index (χ1v) is 9.45. The fraction of sp³-hybridized carbons (Fsp3) is 0.190. The molecule has 0 saturated carbocycles. The Morgan fingerprint density at radius 1 is 1.22 bits per heavy atom. The van der Waals surface area contributed by atoms with Crippen molar-refractivity contribution in [2.24, 2.45) is 0 Å². The lowest BCUT2D eigenvalue weighted by Gasteiger charge is -2.26. The molecule has 138 valence electrons. The molecule has 0 bridgehead atoms. The summed E-state index contributed by atoms with van der Waals surface area (Å²) in [6.07, 6.45) is 2.85. The minimum atomic E-state index is -0.352. The lowest BCUT2D eigenvalue weighted by atomic mass is 9.99. The summed E-state index contributed by atoms with van der Waals surface area (Å²) in [7, 11) is 1.65. The molecule has 2 heterocycles. The Bertz CT molecular complexity index is 1040. The van der Waals surface area contributed by atoms with Crippen molar-refractivity contribution in [1.29, 1.82) is 0 Å². The van der Waals surface area contributed by atoms with E-state index in [1.165, 1.54) is 11.6 Å². The third-order valence-electron chi connectivity index (χ3n) is 4.84. The van der Waals surface area contributed by atoms with Gasteiger partial charge in [-0.15, -0.1) is 0 Å². The maximum absolute atomic E-state index is 14.1. The fourth-order valence-corrected chi connectivity index (χ4v) is 3.80. The van der Waals surface area contributed by atoms with Gasteiger partial charge in [0.2, 0.25) is 0 Å². The number of carbonyl (C=O) groups is 1. The van der Waals surface area contributed by atoms with Crippen LogP contribution in [0.15, 0.2) is 53.0 Å². The lowest BCUT2D eigenvalue weighted by molar-refractivity contribution is 0.0768. The van der Waals surface area contributed by atoms with Crippen LogP contribution in [-0.2, 0) is 0 Å². The number of fused-ring (bicyclic) bond motifs is 1. The van der Waals surface area contributed by atoms with Gasteiger partial charge in [0.15, 0.2) is 0 Å². The number of amides is 1. The van der Waals surface area contributed by atoms with Crippen molar-refractivity contribution >= 4 is 38.3 Å². The predicted molar refractivity (Wildman–Crippen MR) is 107 cm³/mol. The summed E-state index contributed by atoms with van der Waals surface area (Å²) in [6, 6.07) is 12.7. The van der Waals surface area contributed by atoms with E-state index in [2.05, 4.69) is 27.0 Å². The number of aromatic nitrogens is 1. The number of carbonyl (C=O) groups excluding carboxylic acids is 1. The number of hydrogen-bond donors (Lipinski definition) is 1. The van der Waals surface area contributed by atoms with Crippen LogP contribution in [0.4, 0.5) is 4.39 Å². The molecule has 0 spiro atoms. The van der Waals surface area contributed by atoms with E-state index in [4.69, 9.17) is 4.74 Å². The molecule has 1 aliphatic rings. The van der Waals surface area contributed by atoms with Gasteiger partial charge < -0.3 is 14.6 Å². The zero-order valence-electron chi connectivity index (χ0n) is 14.8. The summed E-state index contributed by atoms with van der Waals surface area (Å²) in [4.78, 5) is 17.6. The summed E-state index contributed by atoms with van der Waals surface area (Å²) in [6.45, 7) is 1.15. The lowest BCUT2D eigenvalue weighted by Crippen LogP contribution is -2.34. The number of methoxy groups -OCH3 is 1. The van der Waals surface area contributed by atoms with E-state index in [1.807, 2.05) is 24.3 Å². The highest BCUT2D eigenvalue weighted by atomic mass is 79.9. The van der Waals surface area contributed by atoms with Crippen molar-refractivity contribution in [2.75, 3.05) is 20.2 Å². The van der Waals surface area contributed by atoms with Crippen LogP contribution in [0.3, 0.4) is 0 Å². The summed E-state index contributed by atoms with van der Waals surface area (Å²) in [5, 5.41) is 0.424. The quantitative estimate of drug-likeness (QED) is 0.637. The largest absolute Gasteiger partial charge is 0.497 e. The Morgan fingerprint density at radius 2 is 2.00 bits per heavy atom. The molecule has 1 N–H and O–H groups in total. The first-order chi connectivity index (χ1) is 13.0. The molecule has 0 unspecified atom stereocenters. The Hall–Kier alpha value is -2.60. The molecular formula is C21H18BrFN2O2. The Balaban J connectivity index is 1.52. The molecule has 0 fully saturated rings. The Labute approximate surface area is 164 Å². The average Bonchev–Trinajstić information content (AvgIpc) is 3.12. The zero-order chi connectivity index (χ0) is 19.0. The molecule has 4 rings (SSSR count). The molecule has 3 aromatic rings. The number of benzene rings is 2. The van der Waals surface area contributed by atoms with E-state index in [0.29, 0.717) is 34.2 Å². The second-order valence-corrected chi connectivity index (χ2v) is 7.41. The van der Waals surface area contributed by atoms with Crippen LogP contribution in [0.2, 0.25) is 0 Å². The van der Waals surface area contributed by atoms with E-state index in [-0.39, 0.29) is 11.7 Å². The average molecular weight is 429 g/mol. The molecular weight excluding hydrogens is 411 g/mol. The van der Waals surface area contributed by atoms with Gasteiger partial charge in [0, 0.05) is 22.9 Å². The van der Waals surface area contributed by atoms with Crippen LogP contribution in [0.25, 0.3) is 16.5 Å². The van der Waals surface area contributed by atoms with Crippen LogP contribution in [-0.4, -0.2) is 36.0 Å². The van der Waals surface area contributed by atoms with Gasteiger partial charge in [-0.1, -0.05) is 34.1 Å². The molecule has 0 aliphatic carbocycles. The van der Waals surface area contributed by atoms with Gasteiger partial charge in [-0.3, -0.25) is 4.79 Å². The van der Waals surface area contributed by atoms with Crippen LogP contribution < -0.4 is 4.74 Å². The Morgan fingerprint density at radius 3 is 2.67 bits per heavy atom. The van der Waals surface area contributed by atoms with Crippen LogP contribution in [0.5, 0.6) is 5.75 Å². The minimum absolute atomic E-state index is 0.119. The van der Waals surface area contributed by atoms with Gasteiger partial charge in [0.05, 0.1) is 12.6 Å². The molecule has 2 aromatic carbocycles. The van der Waals surface area contributed by atoms with E-state index in [9.17, 15) is 9.18 Å². The third kappa shape index (κ3) is 3.49. The van der Waals surface area contributed by atoms with Crippen molar-refractivity contribution in [3.8, 4) is 5.75 Å². The molecule has 1 aliphatic heterocycles. The number of aromatic amines is 1. The fourth-order valence-electron chi connectivity index (χ4n) is 3.37. The van der Waals surface area contributed by atoms with Gasteiger partial charge in [-0.25, -0.2) is 4.39 Å². The third-order valence-corrected chi connectivity index (χ3v) is 5.30. The smallest absolute Gasteiger partial charge is 0.270 e.